The average molecular weight is 210 g/mol. The number of aromatic nitrogens is 1. The molecule has 0 aromatic carbocycles. The van der Waals surface area contributed by atoms with Crippen LogP contribution in [0.1, 0.15) is 43.3 Å². The second kappa shape index (κ2) is 3.99. The highest BCUT2D eigenvalue weighted by Gasteiger charge is 2.32. The van der Waals surface area contributed by atoms with Crippen molar-refractivity contribution in [3.63, 3.8) is 0 Å². The molecule has 0 bridgehead atoms. The minimum Gasteiger partial charge on any atom is -0.311 e. The Morgan fingerprint density at radius 1 is 1.64 bits per heavy atom. The first-order valence-corrected chi connectivity index (χ1v) is 6.26. The van der Waals surface area contributed by atoms with Crippen molar-refractivity contribution in [2.45, 2.75) is 51.6 Å². The van der Waals surface area contributed by atoms with Gasteiger partial charge in [-0.25, -0.2) is 4.98 Å². The van der Waals surface area contributed by atoms with Gasteiger partial charge in [0.1, 0.15) is 0 Å². The van der Waals surface area contributed by atoms with Gasteiger partial charge in [0.15, 0.2) is 0 Å². The van der Waals surface area contributed by atoms with Crippen molar-refractivity contribution in [1.82, 2.24) is 10.3 Å². The molecule has 0 aliphatic carbocycles. The van der Waals surface area contributed by atoms with Gasteiger partial charge in [0.05, 0.1) is 10.7 Å². The minimum absolute atomic E-state index is 0.631. The Balaban J connectivity index is 2.17. The third-order valence-electron chi connectivity index (χ3n) is 3.05. The number of aryl methyl sites for hydroxylation is 1. The molecule has 0 radical (unpaired) electrons. The maximum absolute atomic E-state index is 4.60. The van der Waals surface area contributed by atoms with Crippen LogP contribution in [0.5, 0.6) is 0 Å². The van der Waals surface area contributed by atoms with E-state index < -0.39 is 0 Å². The molecule has 1 aliphatic heterocycles. The van der Waals surface area contributed by atoms with Crippen LogP contribution in [0.3, 0.4) is 0 Å². The van der Waals surface area contributed by atoms with Crippen LogP contribution in [0.2, 0.25) is 0 Å². The van der Waals surface area contributed by atoms with Crippen LogP contribution in [-0.4, -0.2) is 17.1 Å². The molecule has 2 heterocycles. The summed E-state index contributed by atoms with van der Waals surface area (Å²) in [6, 6.07) is 1.28. The quantitative estimate of drug-likeness (QED) is 0.812. The zero-order valence-electron chi connectivity index (χ0n) is 9.08. The van der Waals surface area contributed by atoms with Crippen LogP contribution in [0, 0.1) is 6.92 Å². The van der Waals surface area contributed by atoms with Crippen LogP contribution in [-0.2, 0) is 0 Å². The Hall–Kier alpha value is -0.410. The molecular weight excluding hydrogens is 192 g/mol. The molecule has 1 aromatic heterocycles. The third-order valence-corrected chi connectivity index (χ3v) is 3.84. The van der Waals surface area contributed by atoms with Crippen molar-refractivity contribution in [2.75, 3.05) is 0 Å². The molecule has 0 spiro atoms. The molecular formula is C11H18N2S. The summed E-state index contributed by atoms with van der Waals surface area (Å²) in [6.07, 6.45) is 2.44. The Labute approximate surface area is 89.8 Å². The third kappa shape index (κ3) is 1.84. The van der Waals surface area contributed by atoms with E-state index in [1.54, 1.807) is 11.3 Å². The monoisotopic (exact) mass is 210 g/mol. The number of hydrogen-bond acceptors (Lipinski definition) is 3. The number of hydrogen-bond donors (Lipinski definition) is 1. The van der Waals surface area contributed by atoms with Gasteiger partial charge in [0, 0.05) is 23.4 Å². The highest BCUT2D eigenvalue weighted by atomic mass is 32.1. The second-order valence-electron chi connectivity index (χ2n) is 4.22. The molecule has 3 unspecified atom stereocenters. The van der Waals surface area contributed by atoms with Crippen LogP contribution >= 0.6 is 11.3 Å². The van der Waals surface area contributed by atoms with Gasteiger partial charge >= 0.3 is 0 Å². The van der Waals surface area contributed by atoms with Crippen molar-refractivity contribution in [2.24, 2.45) is 0 Å². The largest absolute Gasteiger partial charge is 0.311 e. The molecule has 78 valence electrons. The number of nitrogens with zero attached hydrogens (tertiary/aromatic N) is 1. The summed E-state index contributed by atoms with van der Waals surface area (Å²) >= 11 is 1.77. The van der Waals surface area contributed by atoms with Crippen molar-refractivity contribution >= 4 is 11.3 Å². The fourth-order valence-corrected chi connectivity index (χ4v) is 3.05. The van der Waals surface area contributed by atoms with E-state index >= 15 is 0 Å². The summed E-state index contributed by atoms with van der Waals surface area (Å²) < 4.78 is 0. The normalized spacial score (nSPS) is 32.4. The Morgan fingerprint density at radius 3 is 3.00 bits per heavy atom. The van der Waals surface area contributed by atoms with E-state index in [0.29, 0.717) is 18.0 Å². The predicted octanol–water partition coefficient (Wildman–Crippen LogP) is 2.70. The topological polar surface area (TPSA) is 24.9 Å². The first kappa shape index (κ1) is 10.1. The average Bonchev–Trinajstić information content (AvgIpc) is 2.71. The maximum Gasteiger partial charge on any atom is 0.0897 e. The van der Waals surface area contributed by atoms with Gasteiger partial charge in [-0.3, -0.25) is 0 Å². The molecule has 1 fully saturated rings. The molecule has 2 rings (SSSR count). The van der Waals surface area contributed by atoms with Crippen molar-refractivity contribution in [1.29, 1.82) is 0 Å². The van der Waals surface area contributed by atoms with Crippen LogP contribution in [0.25, 0.3) is 0 Å². The van der Waals surface area contributed by atoms with E-state index in [4.69, 9.17) is 0 Å². The fourth-order valence-electron chi connectivity index (χ4n) is 2.37. The summed E-state index contributed by atoms with van der Waals surface area (Å²) in [5.74, 6) is 0.639. The van der Waals surface area contributed by atoms with Crippen LogP contribution in [0.4, 0.5) is 0 Å². The lowest BCUT2D eigenvalue weighted by atomic mass is 9.95. The van der Waals surface area contributed by atoms with Gasteiger partial charge in [0.2, 0.25) is 0 Å². The summed E-state index contributed by atoms with van der Waals surface area (Å²) in [7, 11) is 0. The molecule has 1 N–H and O–H groups in total. The minimum atomic E-state index is 0.631. The first-order chi connectivity index (χ1) is 6.70. The molecule has 1 aromatic rings. The Kier molecular flexibility index (Phi) is 2.88. The summed E-state index contributed by atoms with van der Waals surface area (Å²) in [5.41, 5.74) is 1.30. The van der Waals surface area contributed by atoms with E-state index in [2.05, 4.69) is 36.5 Å². The number of nitrogens with one attached hydrogen (secondary N) is 1. The highest BCUT2D eigenvalue weighted by Crippen LogP contribution is 2.32. The lowest BCUT2D eigenvalue weighted by Crippen LogP contribution is -2.28. The number of thiazole rings is 1. The van der Waals surface area contributed by atoms with E-state index in [1.165, 1.54) is 23.5 Å². The molecule has 2 nitrogen and oxygen atoms in total. The standard InChI is InChI=1S/C11H18N2S/c1-4-10-9(5-7(2)12-10)11-6-14-8(3)13-11/h6-7,9-10,12H,4-5H2,1-3H3. The van der Waals surface area contributed by atoms with E-state index in [1.807, 2.05) is 0 Å². The SMILES string of the molecule is CCC1NC(C)CC1c1csc(C)n1. The molecule has 0 saturated carbocycles. The molecule has 1 aliphatic rings. The van der Waals surface area contributed by atoms with Gasteiger partial charge in [-0.05, 0) is 26.7 Å². The Bertz CT molecular complexity index is 308. The summed E-state index contributed by atoms with van der Waals surface area (Å²) in [4.78, 5) is 4.60. The van der Waals surface area contributed by atoms with Crippen LogP contribution < -0.4 is 5.32 Å². The van der Waals surface area contributed by atoms with Gasteiger partial charge < -0.3 is 5.32 Å². The summed E-state index contributed by atoms with van der Waals surface area (Å²) in [5, 5.41) is 7.04. The lowest BCUT2D eigenvalue weighted by Gasteiger charge is -2.15. The predicted molar refractivity (Wildman–Crippen MR) is 60.9 cm³/mol. The summed E-state index contributed by atoms with van der Waals surface area (Å²) in [6.45, 7) is 6.60. The highest BCUT2D eigenvalue weighted by molar-refractivity contribution is 7.09. The van der Waals surface area contributed by atoms with Crippen molar-refractivity contribution < 1.29 is 0 Å². The molecule has 0 amide bonds. The lowest BCUT2D eigenvalue weighted by molar-refractivity contribution is 0.512. The van der Waals surface area contributed by atoms with Gasteiger partial charge in [-0.1, -0.05) is 6.92 Å². The zero-order valence-corrected chi connectivity index (χ0v) is 9.90. The smallest absolute Gasteiger partial charge is 0.0897 e. The zero-order chi connectivity index (χ0) is 10.1. The fraction of sp³-hybridized carbons (Fsp3) is 0.727. The van der Waals surface area contributed by atoms with Gasteiger partial charge in [-0.2, -0.15) is 0 Å². The van der Waals surface area contributed by atoms with Crippen LogP contribution in [0.15, 0.2) is 5.38 Å². The Morgan fingerprint density at radius 2 is 2.43 bits per heavy atom. The second-order valence-corrected chi connectivity index (χ2v) is 5.28. The maximum atomic E-state index is 4.60. The van der Waals surface area contributed by atoms with E-state index in [0.717, 1.165) is 0 Å². The first-order valence-electron chi connectivity index (χ1n) is 5.38. The van der Waals surface area contributed by atoms with E-state index in [-0.39, 0.29) is 0 Å². The molecule has 3 atom stereocenters. The molecule has 3 heteroatoms. The van der Waals surface area contributed by atoms with Gasteiger partial charge in [-0.15, -0.1) is 11.3 Å². The van der Waals surface area contributed by atoms with Crippen molar-refractivity contribution in [3.05, 3.63) is 16.1 Å². The molecule has 1 saturated heterocycles. The van der Waals surface area contributed by atoms with E-state index in [9.17, 15) is 0 Å². The van der Waals surface area contributed by atoms with Gasteiger partial charge in [0.25, 0.3) is 0 Å². The number of rotatable bonds is 2. The van der Waals surface area contributed by atoms with Crippen molar-refractivity contribution in [3.8, 4) is 0 Å². The molecule has 14 heavy (non-hydrogen) atoms.